The molecule has 2 aromatic heterocycles. The molecule has 7 heteroatoms. The van der Waals surface area contributed by atoms with Gasteiger partial charge in [0, 0.05) is 38.7 Å². The third-order valence-corrected chi connectivity index (χ3v) is 4.54. The molecule has 1 aliphatic heterocycles. The highest BCUT2D eigenvalue weighted by atomic mass is 16.3. The summed E-state index contributed by atoms with van der Waals surface area (Å²) in [4.78, 5) is 33.0. The van der Waals surface area contributed by atoms with E-state index in [1.54, 1.807) is 47.1 Å². The van der Waals surface area contributed by atoms with E-state index in [9.17, 15) is 9.59 Å². The molecule has 0 saturated carbocycles. The van der Waals surface area contributed by atoms with Crippen LogP contribution in [0.25, 0.3) is 11.1 Å². The number of aromatic nitrogens is 1. The van der Waals surface area contributed by atoms with Gasteiger partial charge in [0.05, 0.1) is 6.26 Å². The van der Waals surface area contributed by atoms with Crippen LogP contribution in [0.2, 0.25) is 0 Å². The monoisotopic (exact) mass is 353 g/mol. The number of aryl methyl sites for hydroxylation is 1. The Morgan fingerprint density at radius 1 is 1.04 bits per heavy atom. The molecule has 0 aliphatic carbocycles. The highest BCUT2D eigenvalue weighted by molar-refractivity contribution is 5.97. The minimum Gasteiger partial charge on any atom is -0.459 e. The molecule has 7 nitrogen and oxygen atoms in total. The molecule has 0 spiro atoms. The van der Waals surface area contributed by atoms with Gasteiger partial charge in [-0.25, -0.2) is 4.98 Å². The molecule has 0 N–H and O–H groups in total. The molecular formula is C19H19N3O4. The third kappa shape index (κ3) is 3.08. The van der Waals surface area contributed by atoms with Crippen molar-refractivity contribution in [2.45, 2.75) is 13.3 Å². The van der Waals surface area contributed by atoms with Gasteiger partial charge >= 0.3 is 0 Å². The number of carbonyl (C=O) groups is 2. The lowest BCUT2D eigenvalue weighted by Crippen LogP contribution is -2.37. The van der Waals surface area contributed by atoms with Gasteiger partial charge in [-0.15, -0.1) is 0 Å². The Bertz CT molecular complexity index is 945. The Morgan fingerprint density at radius 3 is 2.54 bits per heavy atom. The number of oxazole rings is 1. The molecule has 3 heterocycles. The van der Waals surface area contributed by atoms with Crippen LogP contribution in [0.5, 0.6) is 0 Å². The molecule has 0 radical (unpaired) electrons. The summed E-state index contributed by atoms with van der Waals surface area (Å²) in [7, 11) is 0. The molecule has 2 amide bonds. The Hall–Kier alpha value is -3.09. The van der Waals surface area contributed by atoms with Gasteiger partial charge in [-0.05, 0) is 36.8 Å². The van der Waals surface area contributed by atoms with E-state index in [0.29, 0.717) is 49.0 Å². The maximum Gasteiger partial charge on any atom is 0.289 e. The highest BCUT2D eigenvalue weighted by Crippen LogP contribution is 2.19. The Balaban J connectivity index is 1.47. The minimum atomic E-state index is -0.136. The van der Waals surface area contributed by atoms with Gasteiger partial charge in [-0.3, -0.25) is 9.59 Å². The second-order valence-corrected chi connectivity index (χ2v) is 6.33. The van der Waals surface area contributed by atoms with Crippen molar-refractivity contribution in [3.63, 3.8) is 0 Å². The summed E-state index contributed by atoms with van der Waals surface area (Å²) in [6, 6.07) is 8.65. The van der Waals surface area contributed by atoms with Gasteiger partial charge < -0.3 is 18.6 Å². The Kier molecular flexibility index (Phi) is 4.20. The van der Waals surface area contributed by atoms with E-state index in [0.717, 1.165) is 11.9 Å². The summed E-state index contributed by atoms with van der Waals surface area (Å²) in [6.07, 6.45) is 2.21. The zero-order valence-corrected chi connectivity index (χ0v) is 14.5. The second-order valence-electron chi connectivity index (χ2n) is 6.33. The predicted octanol–water partition coefficient (Wildman–Crippen LogP) is 2.72. The first-order chi connectivity index (χ1) is 12.6. The maximum absolute atomic E-state index is 12.9. The van der Waals surface area contributed by atoms with Crippen LogP contribution in [-0.2, 0) is 0 Å². The fraction of sp³-hybridized carbons (Fsp3) is 0.316. The predicted molar refractivity (Wildman–Crippen MR) is 93.9 cm³/mol. The van der Waals surface area contributed by atoms with E-state index in [-0.39, 0.29) is 11.8 Å². The van der Waals surface area contributed by atoms with Crippen LogP contribution in [0.15, 0.2) is 45.4 Å². The minimum absolute atomic E-state index is 0.0618. The first-order valence-corrected chi connectivity index (χ1v) is 8.61. The maximum atomic E-state index is 12.9. The quantitative estimate of drug-likeness (QED) is 0.708. The molecule has 1 fully saturated rings. The van der Waals surface area contributed by atoms with Crippen LogP contribution in [-0.4, -0.2) is 52.8 Å². The Morgan fingerprint density at radius 2 is 1.81 bits per heavy atom. The van der Waals surface area contributed by atoms with Crippen molar-refractivity contribution in [3.8, 4) is 0 Å². The Labute approximate surface area is 150 Å². The van der Waals surface area contributed by atoms with Gasteiger partial charge in [-0.2, -0.15) is 0 Å². The molecule has 0 bridgehead atoms. The summed E-state index contributed by atoms with van der Waals surface area (Å²) in [5.41, 5.74) is 1.92. The number of nitrogens with zero attached hydrogens (tertiary/aromatic N) is 3. The van der Waals surface area contributed by atoms with Gasteiger partial charge in [0.1, 0.15) is 5.52 Å². The molecule has 134 valence electrons. The van der Waals surface area contributed by atoms with Gasteiger partial charge in [0.25, 0.3) is 11.8 Å². The van der Waals surface area contributed by atoms with Crippen molar-refractivity contribution < 1.29 is 18.4 Å². The normalized spacial score (nSPS) is 15.3. The van der Waals surface area contributed by atoms with Crippen molar-refractivity contribution in [3.05, 3.63) is 53.8 Å². The van der Waals surface area contributed by atoms with Crippen molar-refractivity contribution >= 4 is 22.9 Å². The standard InChI is InChI=1S/C19H19N3O4/c1-13-20-15-6-5-14(12-17(15)26-13)18(23)21-7-3-8-22(10-9-21)19(24)16-4-2-11-25-16/h2,4-6,11-12H,3,7-10H2,1H3. The van der Waals surface area contributed by atoms with Crippen molar-refractivity contribution in [1.82, 2.24) is 14.8 Å². The van der Waals surface area contributed by atoms with E-state index in [2.05, 4.69) is 4.98 Å². The molecule has 1 aromatic carbocycles. The lowest BCUT2D eigenvalue weighted by Gasteiger charge is -2.21. The lowest BCUT2D eigenvalue weighted by molar-refractivity contribution is 0.0700. The van der Waals surface area contributed by atoms with Crippen LogP contribution in [0.3, 0.4) is 0 Å². The van der Waals surface area contributed by atoms with Crippen LogP contribution in [0, 0.1) is 6.92 Å². The molecule has 0 unspecified atom stereocenters. The summed E-state index contributed by atoms with van der Waals surface area (Å²) < 4.78 is 10.7. The van der Waals surface area contributed by atoms with Gasteiger partial charge in [0.15, 0.2) is 17.2 Å². The van der Waals surface area contributed by atoms with Gasteiger partial charge in [-0.1, -0.05) is 0 Å². The van der Waals surface area contributed by atoms with E-state index in [1.807, 2.05) is 0 Å². The number of hydrogen-bond acceptors (Lipinski definition) is 5. The molecule has 1 saturated heterocycles. The van der Waals surface area contributed by atoms with Crippen molar-refractivity contribution in [2.75, 3.05) is 26.2 Å². The van der Waals surface area contributed by atoms with E-state index in [1.165, 1.54) is 6.26 Å². The van der Waals surface area contributed by atoms with Crippen molar-refractivity contribution in [2.24, 2.45) is 0 Å². The molecule has 0 atom stereocenters. The number of hydrogen-bond donors (Lipinski definition) is 0. The number of rotatable bonds is 2. The van der Waals surface area contributed by atoms with E-state index >= 15 is 0 Å². The van der Waals surface area contributed by atoms with Crippen LogP contribution in [0.1, 0.15) is 33.2 Å². The first kappa shape index (κ1) is 16.4. The number of carbonyl (C=O) groups excluding carboxylic acids is 2. The van der Waals surface area contributed by atoms with Crippen LogP contribution in [0.4, 0.5) is 0 Å². The molecule has 3 aromatic rings. The highest BCUT2D eigenvalue weighted by Gasteiger charge is 2.25. The SMILES string of the molecule is Cc1nc2ccc(C(=O)N3CCCN(C(=O)c4ccco4)CC3)cc2o1. The van der Waals surface area contributed by atoms with E-state index < -0.39 is 0 Å². The fourth-order valence-corrected chi connectivity index (χ4v) is 3.24. The number of fused-ring (bicyclic) bond motifs is 1. The summed E-state index contributed by atoms with van der Waals surface area (Å²) in [5.74, 6) is 0.707. The largest absolute Gasteiger partial charge is 0.459 e. The summed E-state index contributed by atoms with van der Waals surface area (Å²) >= 11 is 0. The zero-order chi connectivity index (χ0) is 18.1. The number of benzene rings is 1. The number of furan rings is 1. The fourth-order valence-electron chi connectivity index (χ4n) is 3.24. The molecule has 1 aliphatic rings. The van der Waals surface area contributed by atoms with Crippen LogP contribution >= 0.6 is 0 Å². The summed E-state index contributed by atoms with van der Waals surface area (Å²) in [5, 5.41) is 0. The molecule has 4 rings (SSSR count). The third-order valence-electron chi connectivity index (χ3n) is 4.54. The average Bonchev–Trinajstić information content (AvgIpc) is 3.23. The lowest BCUT2D eigenvalue weighted by atomic mass is 10.1. The van der Waals surface area contributed by atoms with Gasteiger partial charge in [0.2, 0.25) is 0 Å². The van der Waals surface area contributed by atoms with E-state index in [4.69, 9.17) is 8.83 Å². The van der Waals surface area contributed by atoms with Crippen molar-refractivity contribution in [1.29, 1.82) is 0 Å². The molecule has 26 heavy (non-hydrogen) atoms. The topological polar surface area (TPSA) is 79.8 Å². The zero-order valence-electron chi connectivity index (χ0n) is 14.5. The number of amides is 2. The summed E-state index contributed by atoms with van der Waals surface area (Å²) in [6.45, 7) is 3.95. The van der Waals surface area contributed by atoms with Crippen LogP contribution < -0.4 is 0 Å². The second kappa shape index (κ2) is 6.67. The average molecular weight is 353 g/mol. The first-order valence-electron chi connectivity index (χ1n) is 8.61. The molecular weight excluding hydrogens is 334 g/mol. The smallest absolute Gasteiger partial charge is 0.289 e.